The third kappa shape index (κ3) is 2.71. The van der Waals surface area contributed by atoms with Crippen LogP contribution in [0.3, 0.4) is 0 Å². The summed E-state index contributed by atoms with van der Waals surface area (Å²) < 4.78 is 6.16. The van der Waals surface area contributed by atoms with Crippen LogP contribution in [0.4, 0.5) is 0 Å². The summed E-state index contributed by atoms with van der Waals surface area (Å²) in [5.74, 6) is -0.172. The minimum atomic E-state index is -0.576. The van der Waals surface area contributed by atoms with Crippen molar-refractivity contribution in [2.45, 2.75) is 26.2 Å². The van der Waals surface area contributed by atoms with Crippen LogP contribution in [0.25, 0.3) is 0 Å². The van der Waals surface area contributed by atoms with Crippen molar-refractivity contribution in [3.05, 3.63) is 33.4 Å². The first-order chi connectivity index (χ1) is 7.00. The molecule has 0 atom stereocenters. The largest absolute Gasteiger partial charge is 0.465 e. The van der Waals surface area contributed by atoms with Gasteiger partial charge in [0.25, 0.3) is 0 Å². The maximum atomic E-state index is 11.8. The van der Waals surface area contributed by atoms with Crippen molar-refractivity contribution in [2.75, 3.05) is 6.61 Å². The van der Waals surface area contributed by atoms with E-state index in [0.717, 1.165) is 9.13 Å². The van der Waals surface area contributed by atoms with Gasteiger partial charge in [0, 0.05) is 3.57 Å². The smallest absolute Gasteiger partial charge is 0.316 e. The van der Waals surface area contributed by atoms with Crippen LogP contribution in [-0.2, 0) is 14.9 Å². The predicted octanol–water partition coefficient (Wildman–Crippen LogP) is 3.13. The van der Waals surface area contributed by atoms with Crippen molar-refractivity contribution in [3.8, 4) is 0 Å². The molecule has 1 rings (SSSR count). The summed E-state index contributed by atoms with van der Waals surface area (Å²) in [4.78, 5) is 11.8. The SMILES string of the molecule is CCOC(=O)C(C)(C)c1ccccc1I. The Labute approximate surface area is 104 Å². The van der Waals surface area contributed by atoms with E-state index in [0.29, 0.717) is 6.61 Å². The monoisotopic (exact) mass is 318 g/mol. The number of hydrogen-bond acceptors (Lipinski definition) is 2. The normalized spacial score (nSPS) is 11.2. The third-order valence-electron chi connectivity index (χ3n) is 2.33. The van der Waals surface area contributed by atoms with Gasteiger partial charge in [-0.2, -0.15) is 0 Å². The molecule has 82 valence electrons. The van der Waals surface area contributed by atoms with E-state index < -0.39 is 5.41 Å². The van der Waals surface area contributed by atoms with E-state index in [1.54, 1.807) is 0 Å². The molecule has 0 spiro atoms. The molecule has 15 heavy (non-hydrogen) atoms. The molecule has 0 aliphatic carbocycles. The number of ether oxygens (including phenoxy) is 1. The van der Waals surface area contributed by atoms with Crippen molar-refractivity contribution >= 4 is 28.6 Å². The van der Waals surface area contributed by atoms with Crippen LogP contribution in [0.5, 0.6) is 0 Å². The zero-order valence-electron chi connectivity index (χ0n) is 9.21. The number of hydrogen-bond donors (Lipinski definition) is 0. The number of benzene rings is 1. The van der Waals surface area contributed by atoms with Crippen LogP contribution < -0.4 is 0 Å². The first kappa shape index (κ1) is 12.5. The Morgan fingerprint density at radius 1 is 1.40 bits per heavy atom. The van der Waals surface area contributed by atoms with Crippen molar-refractivity contribution in [3.63, 3.8) is 0 Å². The van der Waals surface area contributed by atoms with Crippen molar-refractivity contribution in [1.29, 1.82) is 0 Å². The lowest BCUT2D eigenvalue weighted by Gasteiger charge is -2.23. The van der Waals surface area contributed by atoms with Gasteiger partial charge < -0.3 is 4.74 Å². The quantitative estimate of drug-likeness (QED) is 0.632. The number of carbonyl (C=O) groups excluding carboxylic acids is 1. The van der Waals surface area contributed by atoms with Crippen LogP contribution >= 0.6 is 22.6 Å². The third-order valence-corrected chi connectivity index (χ3v) is 3.27. The minimum absolute atomic E-state index is 0.172. The van der Waals surface area contributed by atoms with Gasteiger partial charge in [-0.3, -0.25) is 4.79 Å². The second-order valence-corrected chi connectivity index (χ2v) is 4.99. The summed E-state index contributed by atoms with van der Waals surface area (Å²) in [6.45, 7) is 6.03. The van der Waals surface area contributed by atoms with Gasteiger partial charge in [-0.15, -0.1) is 0 Å². The molecule has 0 N–H and O–H groups in total. The summed E-state index contributed by atoms with van der Waals surface area (Å²) in [7, 11) is 0. The molecule has 0 fully saturated rings. The van der Waals surface area contributed by atoms with Gasteiger partial charge in [0.15, 0.2) is 0 Å². The molecule has 0 aliphatic rings. The zero-order chi connectivity index (χ0) is 11.5. The van der Waals surface area contributed by atoms with Gasteiger partial charge in [0.05, 0.1) is 12.0 Å². The highest BCUT2D eigenvalue weighted by Crippen LogP contribution is 2.28. The Hall–Kier alpha value is -0.580. The Bertz CT molecular complexity index is 358. The van der Waals surface area contributed by atoms with Gasteiger partial charge in [0.1, 0.15) is 0 Å². The fraction of sp³-hybridized carbons (Fsp3) is 0.417. The molecule has 0 saturated heterocycles. The van der Waals surface area contributed by atoms with E-state index >= 15 is 0 Å². The van der Waals surface area contributed by atoms with Crippen LogP contribution in [0.1, 0.15) is 26.3 Å². The standard InChI is InChI=1S/C12H15IO2/c1-4-15-11(14)12(2,3)9-7-5-6-8-10(9)13/h5-8H,4H2,1-3H3. The van der Waals surface area contributed by atoms with Gasteiger partial charge in [0.2, 0.25) is 0 Å². The van der Waals surface area contributed by atoms with Gasteiger partial charge in [-0.05, 0) is 55.0 Å². The molecule has 0 aliphatic heterocycles. The molecule has 0 aromatic heterocycles. The Morgan fingerprint density at radius 3 is 2.53 bits per heavy atom. The molecular weight excluding hydrogens is 303 g/mol. The maximum absolute atomic E-state index is 11.8. The summed E-state index contributed by atoms with van der Waals surface area (Å²) in [6.07, 6.45) is 0. The average Bonchev–Trinajstić information content (AvgIpc) is 2.18. The van der Waals surface area contributed by atoms with Crippen LogP contribution in [0, 0.1) is 3.57 Å². The van der Waals surface area contributed by atoms with Gasteiger partial charge in [-0.25, -0.2) is 0 Å². The number of rotatable bonds is 3. The first-order valence-corrected chi connectivity index (χ1v) is 6.00. The summed E-state index contributed by atoms with van der Waals surface area (Å²) in [5.41, 5.74) is 0.442. The highest BCUT2D eigenvalue weighted by Gasteiger charge is 2.32. The fourth-order valence-corrected chi connectivity index (χ4v) is 2.45. The lowest BCUT2D eigenvalue weighted by molar-refractivity contribution is -0.148. The highest BCUT2D eigenvalue weighted by molar-refractivity contribution is 14.1. The van der Waals surface area contributed by atoms with Crippen molar-refractivity contribution in [2.24, 2.45) is 0 Å². The molecule has 0 heterocycles. The highest BCUT2D eigenvalue weighted by atomic mass is 127. The van der Waals surface area contributed by atoms with Gasteiger partial charge in [-0.1, -0.05) is 18.2 Å². The topological polar surface area (TPSA) is 26.3 Å². The second kappa shape index (κ2) is 4.96. The molecule has 3 heteroatoms. The van der Waals surface area contributed by atoms with E-state index in [1.165, 1.54) is 0 Å². The molecule has 0 amide bonds. The zero-order valence-corrected chi connectivity index (χ0v) is 11.4. The van der Waals surface area contributed by atoms with E-state index in [9.17, 15) is 4.79 Å². The van der Waals surface area contributed by atoms with E-state index in [2.05, 4.69) is 22.6 Å². The van der Waals surface area contributed by atoms with Crippen LogP contribution in [0.15, 0.2) is 24.3 Å². The fourth-order valence-electron chi connectivity index (χ4n) is 1.39. The Balaban J connectivity index is 3.05. The summed E-state index contributed by atoms with van der Waals surface area (Å²) in [6, 6.07) is 7.88. The predicted molar refractivity (Wildman–Crippen MR) is 68.8 cm³/mol. The molecule has 0 bridgehead atoms. The Morgan fingerprint density at radius 2 is 2.00 bits per heavy atom. The van der Waals surface area contributed by atoms with E-state index in [4.69, 9.17) is 4.74 Å². The number of halogens is 1. The molecular formula is C12H15IO2. The van der Waals surface area contributed by atoms with E-state index in [1.807, 2.05) is 45.0 Å². The molecule has 1 aromatic carbocycles. The molecule has 0 saturated carbocycles. The van der Waals surface area contributed by atoms with E-state index in [-0.39, 0.29) is 5.97 Å². The molecule has 0 unspecified atom stereocenters. The Kier molecular flexibility index (Phi) is 4.13. The van der Waals surface area contributed by atoms with Crippen molar-refractivity contribution in [1.82, 2.24) is 0 Å². The van der Waals surface area contributed by atoms with Crippen molar-refractivity contribution < 1.29 is 9.53 Å². The summed E-state index contributed by atoms with van der Waals surface area (Å²) >= 11 is 2.24. The average molecular weight is 318 g/mol. The van der Waals surface area contributed by atoms with Crippen LogP contribution in [-0.4, -0.2) is 12.6 Å². The number of carbonyl (C=O) groups is 1. The first-order valence-electron chi connectivity index (χ1n) is 4.92. The minimum Gasteiger partial charge on any atom is -0.465 e. The lowest BCUT2D eigenvalue weighted by atomic mass is 9.85. The van der Waals surface area contributed by atoms with Crippen LogP contribution in [0.2, 0.25) is 0 Å². The van der Waals surface area contributed by atoms with Gasteiger partial charge >= 0.3 is 5.97 Å². The maximum Gasteiger partial charge on any atom is 0.316 e. The second-order valence-electron chi connectivity index (χ2n) is 3.83. The number of esters is 1. The lowest BCUT2D eigenvalue weighted by Crippen LogP contribution is -2.31. The molecule has 1 aromatic rings. The summed E-state index contributed by atoms with van der Waals surface area (Å²) in [5, 5.41) is 0. The molecule has 0 radical (unpaired) electrons. The molecule has 2 nitrogen and oxygen atoms in total.